The van der Waals surface area contributed by atoms with E-state index in [9.17, 15) is 15.0 Å². The molecule has 4 atom stereocenters. The fourth-order valence-corrected chi connectivity index (χ4v) is 1.58. The van der Waals surface area contributed by atoms with Gasteiger partial charge in [0, 0.05) is 0 Å². The third kappa shape index (κ3) is 2.00. The van der Waals surface area contributed by atoms with Crippen molar-refractivity contribution in [3.05, 3.63) is 11.9 Å². The number of carbonyl (C=O) groups is 1. The Labute approximate surface area is 95.4 Å². The molecule has 1 fully saturated rings. The van der Waals surface area contributed by atoms with Crippen LogP contribution in [0.15, 0.2) is 6.20 Å². The highest BCUT2D eigenvalue weighted by atomic mass is 16.6. The highest BCUT2D eigenvalue weighted by Crippen LogP contribution is 2.27. The summed E-state index contributed by atoms with van der Waals surface area (Å²) in [5, 5.41) is 35.5. The molecule has 0 spiro atoms. The van der Waals surface area contributed by atoms with Crippen LogP contribution in [0.3, 0.4) is 0 Å². The summed E-state index contributed by atoms with van der Waals surface area (Å²) in [6, 6.07) is 0. The number of aromatic nitrogens is 3. The number of ether oxygens (including phenoxy) is 1. The van der Waals surface area contributed by atoms with E-state index in [0.29, 0.717) is 0 Å². The van der Waals surface area contributed by atoms with Crippen LogP contribution in [-0.4, -0.2) is 61.1 Å². The predicted octanol–water partition coefficient (Wildman–Crippen LogP) is -3.01. The maximum Gasteiger partial charge on any atom is 0.270 e. The van der Waals surface area contributed by atoms with Crippen molar-refractivity contribution in [1.29, 1.82) is 0 Å². The summed E-state index contributed by atoms with van der Waals surface area (Å²) in [7, 11) is 0. The number of hydrogen-bond acceptors (Lipinski definition) is 7. The number of hydrogen-bond donors (Lipinski definition) is 4. The maximum atomic E-state index is 10.8. The van der Waals surface area contributed by atoms with Crippen LogP contribution in [0.4, 0.5) is 0 Å². The number of rotatable bonds is 3. The van der Waals surface area contributed by atoms with Gasteiger partial charge in [0.1, 0.15) is 18.3 Å². The molecule has 5 N–H and O–H groups in total. The summed E-state index contributed by atoms with van der Waals surface area (Å²) in [6.07, 6.45) is -3.39. The predicted molar refractivity (Wildman–Crippen MR) is 51.5 cm³/mol. The lowest BCUT2D eigenvalue weighted by Gasteiger charge is -2.12. The van der Waals surface area contributed by atoms with Gasteiger partial charge in [-0.3, -0.25) is 4.79 Å². The van der Waals surface area contributed by atoms with E-state index in [1.165, 1.54) is 0 Å². The Kier molecular flexibility index (Phi) is 3.07. The van der Waals surface area contributed by atoms with Gasteiger partial charge in [0.05, 0.1) is 12.8 Å². The quantitative estimate of drug-likeness (QED) is 0.443. The zero-order valence-electron chi connectivity index (χ0n) is 8.67. The molecular formula is C8H12N4O5. The molecule has 1 aliphatic rings. The van der Waals surface area contributed by atoms with Gasteiger partial charge < -0.3 is 25.8 Å². The number of nitrogens with zero attached hydrogens (tertiary/aromatic N) is 3. The van der Waals surface area contributed by atoms with Crippen molar-refractivity contribution >= 4 is 5.91 Å². The van der Waals surface area contributed by atoms with Crippen molar-refractivity contribution in [3.63, 3.8) is 0 Å². The number of aliphatic hydroxyl groups excluding tert-OH is 3. The average Bonchev–Trinajstić information content (AvgIpc) is 2.87. The van der Waals surface area contributed by atoms with E-state index in [-0.39, 0.29) is 5.69 Å². The molecule has 1 aromatic heterocycles. The Hall–Kier alpha value is -1.55. The topological polar surface area (TPSA) is 144 Å². The van der Waals surface area contributed by atoms with Gasteiger partial charge in [-0.2, -0.15) is 9.90 Å². The fourth-order valence-electron chi connectivity index (χ4n) is 1.58. The van der Waals surface area contributed by atoms with E-state index in [0.717, 1.165) is 11.0 Å². The van der Waals surface area contributed by atoms with Crippen LogP contribution in [0.2, 0.25) is 0 Å². The minimum atomic E-state index is -1.29. The van der Waals surface area contributed by atoms with Crippen molar-refractivity contribution in [1.82, 2.24) is 15.0 Å². The summed E-state index contributed by atoms with van der Waals surface area (Å²) < 4.78 is 5.15. The van der Waals surface area contributed by atoms with Gasteiger partial charge in [0.2, 0.25) is 0 Å². The summed E-state index contributed by atoms with van der Waals surface area (Å²) >= 11 is 0. The fraction of sp³-hybridized carbons (Fsp3) is 0.625. The van der Waals surface area contributed by atoms with Gasteiger partial charge in [-0.05, 0) is 0 Å². The van der Waals surface area contributed by atoms with Gasteiger partial charge in [-0.1, -0.05) is 0 Å². The molecular weight excluding hydrogens is 232 g/mol. The first-order chi connectivity index (χ1) is 8.04. The van der Waals surface area contributed by atoms with E-state index < -0.39 is 37.1 Å². The average molecular weight is 244 g/mol. The Morgan fingerprint density at radius 1 is 1.53 bits per heavy atom. The van der Waals surface area contributed by atoms with Crippen molar-refractivity contribution in [2.75, 3.05) is 6.61 Å². The summed E-state index contributed by atoms with van der Waals surface area (Å²) in [6.45, 7) is -0.446. The van der Waals surface area contributed by atoms with Gasteiger partial charge >= 0.3 is 0 Å². The number of primary amides is 1. The summed E-state index contributed by atoms with van der Waals surface area (Å²) in [4.78, 5) is 11.7. The Morgan fingerprint density at radius 2 is 2.24 bits per heavy atom. The number of nitrogens with two attached hydrogens (primary N) is 1. The van der Waals surface area contributed by atoms with Crippen LogP contribution in [0.25, 0.3) is 0 Å². The third-order valence-corrected chi connectivity index (χ3v) is 2.51. The standard InChI is InChI=1S/C8H12N4O5/c9-7(16)3-1-10-12(11-3)8-6(15)5(14)4(2-13)17-8/h1,4-6,8,13-15H,2H2,(H2,9,16)/t4-,5-,6-,8-/m1/s1. The molecule has 2 rings (SSSR count). The molecule has 1 amide bonds. The highest BCUT2D eigenvalue weighted by Gasteiger charge is 2.44. The SMILES string of the molecule is NC(=O)c1cnn([C@@H]2O[C@H](CO)[C@@H](O)[C@H]2O)n1. The van der Waals surface area contributed by atoms with Crippen LogP contribution in [0.5, 0.6) is 0 Å². The van der Waals surface area contributed by atoms with Crippen LogP contribution >= 0.6 is 0 Å². The molecule has 0 unspecified atom stereocenters. The minimum absolute atomic E-state index is 0.0808. The summed E-state index contributed by atoms with van der Waals surface area (Å²) in [5.41, 5.74) is 4.91. The van der Waals surface area contributed by atoms with E-state index in [4.69, 9.17) is 15.6 Å². The lowest BCUT2D eigenvalue weighted by molar-refractivity contribution is -0.0656. The molecule has 0 saturated carbocycles. The Balaban J connectivity index is 2.19. The first-order valence-electron chi connectivity index (χ1n) is 4.88. The van der Waals surface area contributed by atoms with Crippen molar-refractivity contribution in [2.24, 2.45) is 5.73 Å². The normalized spacial score (nSPS) is 32.9. The molecule has 94 valence electrons. The van der Waals surface area contributed by atoms with Crippen LogP contribution in [0.1, 0.15) is 16.7 Å². The highest BCUT2D eigenvalue weighted by molar-refractivity contribution is 5.90. The van der Waals surface area contributed by atoms with Crippen LogP contribution < -0.4 is 5.73 Å². The molecule has 0 radical (unpaired) electrons. The number of carbonyl (C=O) groups excluding carboxylic acids is 1. The lowest BCUT2D eigenvalue weighted by Crippen LogP contribution is -2.33. The van der Waals surface area contributed by atoms with Crippen molar-refractivity contribution < 1.29 is 24.9 Å². The molecule has 9 heteroatoms. The Bertz CT molecular complexity index is 422. The maximum absolute atomic E-state index is 10.8. The van der Waals surface area contributed by atoms with Crippen LogP contribution in [0, 0.1) is 0 Å². The zero-order valence-corrected chi connectivity index (χ0v) is 8.67. The van der Waals surface area contributed by atoms with Crippen molar-refractivity contribution in [3.8, 4) is 0 Å². The molecule has 0 bridgehead atoms. The van der Waals surface area contributed by atoms with E-state index in [1.54, 1.807) is 0 Å². The van der Waals surface area contributed by atoms with Gasteiger partial charge in [0.15, 0.2) is 11.9 Å². The summed E-state index contributed by atoms with van der Waals surface area (Å²) in [5.74, 6) is -0.761. The van der Waals surface area contributed by atoms with Crippen molar-refractivity contribution in [2.45, 2.75) is 24.5 Å². The largest absolute Gasteiger partial charge is 0.394 e. The van der Waals surface area contributed by atoms with Crippen LogP contribution in [-0.2, 0) is 4.74 Å². The third-order valence-electron chi connectivity index (χ3n) is 2.51. The van der Waals surface area contributed by atoms with Gasteiger partial charge in [-0.15, -0.1) is 5.10 Å². The first kappa shape index (κ1) is 11.9. The second kappa shape index (κ2) is 4.37. The van der Waals surface area contributed by atoms with E-state index in [2.05, 4.69) is 10.2 Å². The molecule has 0 aromatic carbocycles. The minimum Gasteiger partial charge on any atom is -0.394 e. The molecule has 9 nitrogen and oxygen atoms in total. The molecule has 2 heterocycles. The molecule has 17 heavy (non-hydrogen) atoms. The molecule has 1 saturated heterocycles. The van der Waals surface area contributed by atoms with Gasteiger partial charge in [-0.25, -0.2) is 0 Å². The molecule has 1 aliphatic heterocycles. The molecule has 0 aliphatic carbocycles. The number of amides is 1. The van der Waals surface area contributed by atoms with E-state index >= 15 is 0 Å². The zero-order chi connectivity index (χ0) is 12.6. The molecule has 1 aromatic rings. The monoisotopic (exact) mass is 244 g/mol. The van der Waals surface area contributed by atoms with E-state index in [1.807, 2.05) is 0 Å². The Morgan fingerprint density at radius 3 is 2.71 bits per heavy atom. The first-order valence-corrected chi connectivity index (χ1v) is 4.88. The van der Waals surface area contributed by atoms with Gasteiger partial charge in [0.25, 0.3) is 5.91 Å². The second-order valence-corrected chi connectivity index (χ2v) is 3.64. The lowest BCUT2D eigenvalue weighted by atomic mass is 10.1. The number of aliphatic hydroxyl groups is 3. The smallest absolute Gasteiger partial charge is 0.270 e. The second-order valence-electron chi connectivity index (χ2n) is 3.64.